The topological polar surface area (TPSA) is 50.6 Å². The van der Waals surface area contributed by atoms with Gasteiger partial charge in [-0.25, -0.2) is 0 Å². The summed E-state index contributed by atoms with van der Waals surface area (Å²) in [6.07, 6.45) is 0.412. The van der Waals surface area contributed by atoms with Crippen LogP contribution in [0, 0.1) is 0 Å². The Morgan fingerprint density at radius 3 is 2.61 bits per heavy atom. The van der Waals surface area contributed by atoms with Crippen molar-refractivity contribution in [1.29, 1.82) is 0 Å². The molecule has 7 heteroatoms. The van der Waals surface area contributed by atoms with Gasteiger partial charge in [-0.1, -0.05) is 17.7 Å². The minimum absolute atomic E-state index is 0.0370. The summed E-state index contributed by atoms with van der Waals surface area (Å²) in [6, 6.07) is 7.73. The van der Waals surface area contributed by atoms with Gasteiger partial charge in [-0.3, -0.25) is 9.59 Å². The summed E-state index contributed by atoms with van der Waals surface area (Å²) in [5, 5.41) is 4.98. The highest BCUT2D eigenvalue weighted by molar-refractivity contribution is 7.18. The van der Waals surface area contributed by atoms with Crippen LogP contribution < -0.4 is 10.2 Å². The van der Waals surface area contributed by atoms with E-state index < -0.39 is 0 Å². The zero-order chi connectivity index (χ0) is 16.8. The largest absolute Gasteiger partial charge is 0.350 e. The van der Waals surface area contributed by atoms with Crippen molar-refractivity contribution in [3.05, 3.63) is 43.7 Å². The number of quaternary nitrogens is 1. The van der Waals surface area contributed by atoms with Gasteiger partial charge in [0, 0.05) is 12.8 Å². The highest BCUT2D eigenvalue weighted by Crippen LogP contribution is 2.23. The number of thiophene rings is 2. The zero-order valence-electron chi connectivity index (χ0n) is 13.1. The van der Waals surface area contributed by atoms with E-state index in [-0.39, 0.29) is 30.6 Å². The fourth-order valence-corrected chi connectivity index (χ4v) is 4.16. The van der Waals surface area contributed by atoms with E-state index in [0.29, 0.717) is 15.8 Å². The molecule has 0 radical (unpaired) electrons. The Morgan fingerprint density at radius 1 is 1.26 bits per heavy atom. The van der Waals surface area contributed by atoms with E-state index in [4.69, 9.17) is 11.6 Å². The fraction of sp³-hybridized carbons (Fsp3) is 0.375. The summed E-state index contributed by atoms with van der Waals surface area (Å²) in [5.41, 5.74) is 0. The number of amides is 1. The highest BCUT2D eigenvalue weighted by Gasteiger charge is 2.20. The van der Waals surface area contributed by atoms with Crippen LogP contribution in [0.2, 0.25) is 4.34 Å². The predicted octanol–water partition coefficient (Wildman–Crippen LogP) is 2.43. The van der Waals surface area contributed by atoms with Gasteiger partial charge in [0.1, 0.15) is 6.04 Å². The number of rotatable bonds is 8. The SMILES string of the molecule is C[NH+](C)[C@H](CNC(=O)CCC(=O)c1ccc(Cl)s1)c1cccs1. The minimum Gasteiger partial charge on any atom is -0.350 e. The molecular formula is C16H20ClN2O2S2+. The lowest BCUT2D eigenvalue weighted by molar-refractivity contribution is -0.890. The van der Waals surface area contributed by atoms with Gasteiger partial charge < -0.3 is 10.2 Å². The van der Waals surface area contributed by atoms with Crippen LogP contribution in [0.5, 0.6) is 0 Å². The molecule has 0 spiro atoms. The first-order valence-corrected chi connectivity index (χ1v) is 9.43. The average Bonchev–Trinajstić information content (AvgIpc) is 3.16. The third kappa shape index (κ3) is 5.42. The van der Waals surface area contributed by atoms with E-state index in [1.807, 2.05) is 11.4 Å². The Labute approximate surface area is 149 Å². The molecule has 2 aromatic rings. The van der Waals surface area contributed by atoms with Crippen molar-refractivity contribution >= 4 is 46.0 Å². The van der Waals surface area contributed by atoms with Crippen molar-refractivity contribution < 1.29 is 14.5 Å². The molecule has 0 aromatic carbocycles. The van der Waals surface area contributed by atoms with Crippen molar-refractivity contribution in [2.45, 2.75) is 18.9 Å². The summed E-state index contributed by atoms with van der Waals surface area (Å²) in [4.78, 5) is 27.1. The Kier molecular flexibility index (Phi) is 6.77. The monoisotopic (exact) mass is 371 g/mol. The lowest BCUT2D eigenvalue weighted by Crippen LogP contribution is -3.06. The van der Waals surface area contributed by atoms with E-state index in [1.54, 1.807) is 23.5 Å². The van der Waals surface area contributed by atoms with Crippen molar-refractivity contribution in [1.82, 2.24) is 5.32 Å². The van der Waals surface area contributed by atoms with Gasteiger partial charge in [0.05, 0.1) is 34.7 Å². The average molecular weight is 372 g/mol. The van der Waals surface area contributed by atoms with Gasteiger partial charge in [0.15, 0.2) is 5.78 Å². The first-order valence-electron chi connectivity index (χ1n) is 7.36. The normalized spacial score (nSPS) is 12.3. The number of nitrogens with one attached hydrogen (secondary N) is 2. The number of hydrogen-bond acceptors (Lipinski definition) is 4. The molecule has 1 amide bonds. The summed E-state index contributed by atoms with van der Waals surface area (Å²) < 4.78 is 0.588. The number of carbonyl (C=O) groups is 2. The van der Waals surface area contributed by atoms with Crippen LogP contribution in [0.1, 0.15) is 33.4 Å². The molecule has 2 heterocycles. The number of Topliss-reactive ketones (excluding diaryl/α,β-unsaturated/α-hetero) is 1. The lowest BCUT2D eigenvalue weighted by Gasteiger charge is -2.20. The molecule has 0 aliphatic heterocycles. The molecule has 0 saturated heterocycles. The fourth-order valence-electron chi connectivity index (χ4n) is 2.20. The van der Waals surface area contributed by atoms with E-state index >= 15 is 0 Å². The van der Waals surface area contributed by atoms with Crippen LogP contribution in [0.25, 0.3) is 0 Å². The summed E-state index contributed by atoms with van der Waals surface area (Å²) in [7, 11) is 4.14. The quantitative estimate of drug-likeness (QED) is 0.700. The molecule has 1 atom stereocenters. The second-order valence-corrected chi connectivity index (χ2v) is 8.17. The maximum absolute atomic E-state index is 12.0. The molecule has 124 valence electrons. The molecule has 0 aliphatic carbocycles. The Balaban J connectivity index is 1.79. The molecule has 0 unspecified atom stereocenters. The minimum atomic E-state index is -0.0937. The van der Waals surface area contributed by atoms with Gasteiger partial charge in [0.2, 0.25) is 5.91 Å². The molecule has 4 nitrogen and oxygen atoms in total. The van der Waals surface area contributed by atoms with E-state index in [0.717, 1.165) is 0 Å². The molecule has 2 N–H and O–H groups in total. The first kappa shape index (κ1) is 18.1. The maximum atomic E-state index is 12.0. The Morgan fingerprint density at radius 2 is 2.04 bits per heavy atom. The number of ketones is 1. The van der Waals surface area contributed by atoms with Crippen LogP contribution in [0.15, 0.2) is 29.6 Å². The third-order valence-electron chi connectivity index (χ3n) is 3.51. The van der Waals surface area contributed by atoms with Crippen molar-refractivity contribution in [3.63, 3.8) is 0 Å². The van der Waals surface area contributed by atoms with Gasteiger partial charge in [-0.05, 0) is 23.6 Å². The van der Waals surface area contributed by atoms with Crippen LogP contribution in [0.3, 0.4) is 0 Å². The standard InChI is InChI=1S/C16H19ClN2O2S2/c1-19(2)11(13-4-3-9-22-13)10-18-16(21)8-5-12(20)14-6-7-15(17)23-14/h3-4,6-7,9,11H,5,8,10H2,1-2H3,(H,18,21)/p+1/t11-/m1/s1. The molecule has 2 aromatic heterocycles. The van der Waals surface area contributed by atoms with Crippen molar-refractivity contribution in [3.8, 4) is 0 Å². The van der Waals surface area contributed by atoms with Gasteiger partial charge >= 0.3 is 0 Å². The molecule has 0 aliphatic rings. The zero-order valence-corrected chi connectivity index (χ0v) is 15.5. The molecule has 0 bridgehead atoms. The van der Waals surface area contributed by atoms with Crippen molar-refractivity contribution in [2.24, 2.45) is 0 Å². The second-order valence-electron chi connectivity index (χ2n) is 5.48. The smallest absolute Gasteiger partial charge is 0.220 e. The van der Waals surface area contributed by atoms with Gasteiger partial charge in [-0.2, -0.15) is 0 Å². The summed E-state index contributed by atoms with van der Waals surface area (Å²) in [5.74, 6) is -0.131. The molecule has 2 rings (SSSR count). The Hall–Kier alpha value is -1.21. The van der Waals surface area contributed by atoms with Gasteiger partial charge in [0.25, 0.3) is 0 Å². The number of hydrogen-bond donors (Lipinski definition) is 2. The summed E-state index contributed by atoms with van der Waals surface area (Å²) in [6.45, 7) is 0.570. The van der Waals surface area contributed by atoms with E-state index in [2.05, 4.69) is 25.5 Å². The third-order valence-corrected chi connectivity index (χ3v) is 5.77. The van der Waals surface area contributed by atoms with Crippen LogP contribution in [-0.4, -0.2) is 32.3 Å². The first-order chi connectivity index (χ1) is 11.0. The number of carbonyl (C=O) groups excluding carboxylic acids is 2. The van der Waals surface area contributed by atoms with Crippen LogP contribution in [-0.2, 0) is 4.79 Å². The molecule has 23 heavy (non-hydrogen) atoms. The lowest BCUT2D eigenvalue weighted by atomic mass is 10.1. The van der Waals surface area contributed by atoms with E-state index in [9.17, 15) is 9.59 Å². The maximum Gasteiger partial charge on any atom is 0.220 e. The second kappa shape index (κ2) is 8.59. The molecular weight excluding hydrogens is 352 g/mol. The Bertz CT molecular complexity index is 653. The summed E-state index contributed by atoms with van der Waals surface area (Å²) >= 11 is 8.76. The molecule has 0 saturated carbocycles. The van der Waals surface area contributed by atoms with Crippen LogP contribution >= 0.6 is 34.3 Å². The van der Waals surface area contributed by atoms with Crippen LogP contribution in [0.4, 0.5) is 0 Å². The van der Waals surface area contributed by atoms with Gasteiger partial charge in [-0.15, -0.1) is 22.7 Å². The number of likely N-dealkylation sites (N-methyl/N-ethyl adjacent to an activating group) is 1. The highest BCUT2D eigenvalue weighted by atomic mass is 35.5. The predicted molar refractivity (Wildman–Crippen MR) is 95.8 cm³/mol. The van der Waals surface area contributed by atoms with Crippen molar-refractivity contribution in [2.75, 3.05) is 20.6 Å². The number of halogens is 1. The van der Waals surface area contributed by atoms with E-state index in [1.165, 1.54) is 21.1 Å². The molecule has 0 fully saturated rings.